The van der Waals surface area contributed by atoms with Crippen LogP contribution < -0.4 is 15.8 Å². The Kier molecular flexibility index (Phi) is 11.5. The number of fused-ring (bicyclic) bond motifs is 1. The molecule has 0 aliphatic heterocycles. The molecule has 1 heterocycles. The topological polar surface area (TPSA) is 114 Å². The zero-order valence-corrected chi connectivity index (χ0v) is 24.7. The molecule has 3 rings (SSSR count). The summed E-state index contributed by atoms with van der Waals surface area (Å²) in [7, 11) is 6.35. The Bertz CT molecular complexity index is 1280. The first-order valence-electron chi connectivity index (χ1n) is 13.3. The molecule has 0 saturated carbocycles. The molecule has 2 aromatic carbocycles. The van der Waals surface area contributed by atoms with Crippen molar-refractivity contribution in [1.82, 2.24) is 15.1 Å². The molecular weight excluding hydrogens is 528 g/mol. The second kappa shape index (κ2) is 14.8. The minimum Gasteiger partial charge on any atom is -0.497 e. The van der Waals surface area contributed by atoms with Crippen LogP contribution in [0.2, 0.25) is 0 Å². The molecule has 0 fully saturated rings. The summed E-state index contributed by atoms with van der Waals surface area (Å²) >= 11 is 1.59. The van der Waals surface area contributed by atoms with E-state index in [0.717, 1.165) is 27.6 Å². The van der Waals surface area contributed by atoms with E-state index in [1.54, 1.807) is 39.6 Å². The lowest BCUT2D eigenvalue weighted by atomic mass is 10.00. The van der Waals surface area contributed by atoms with Crippen LogP contribution in [0.5, 0.6) is 5.75 Å². The molecule has 3 aromatic rings. The molecule has 0 spiro atoms. The predicted molar refractivity (Wildman–Crippen MR) is 158 cm³/mol. The maximum atomic E-state index is 14.1. The van der Waals surface area contributed by atoms with Gasteiger partial charge < -0.3 is 30.3 Å². The number of ether oxygens (including phenoxy) is 2. The van der Waals surface area contributed by atoms with Crippen molar-refractivity contribution < 1.29 is 23.9 Å². The Balaban J connectivity index is 1.88. The van der Waals surface area contributed by atoms with Gasteiger partial charge in [-0.15, -0.1) is 11.3 Å². The Morgan fingerprint density at radius 1 is 1.00 bits per heavy atom. The summed E-state index contributed by atoms with van der Waals surface area (Å²) < 4.78 is 11.9. The van der Waals surface area contributed by atoms with Crippen LogP contribution in [0.15, 0.2) is 53.9 Å². The molecule has 0 aliphatic carbocycles. The predicted octanol–water partition coefficient (Wildman–Crippen LogP) is 2.85. The summed E-state index contributed by atoms with van der Waals surface area (Å²) in [5, 5.41) is 5.74. The molecule has 3 atom stereocenters. The number of hydrogen-bond donors (Lipinski definition) is 2. The van der Waals surface area contributed by atoms with Crippen molar-refractivity contribution in [2.75, 3.05) is 41.5 Å². The van der Waals surface area contributed by atoms with Gasteiger partial charge in [0.05, 0.1) is 13.7 Å². The maximum Gasteiger partial charge on any atom is 0.249 e. The lowest BCUT2D eigenvalue weighted by Gasteiger charge is -2.34. The van der Waals surface area contributed by atoms with Crippen LogP contribution in [0.25, 0.3) is 10.1 Å². The summed E-state index contributed by atoms with van der Waals surface area (Å²) in [4.78, 5) is 43.2. The highest BCUT2D eigenvalue weighted by molar-refractivity contribution is 7.17. The number of carbonyl (C=O) groups excluding carboxylic acids is 3. The number of rotatable bonds is 14. The summed E-state index contributed by atoms with van der Waals surface area (Å²) in [5.41, 5.74) is 7.77. The lowest BCUT2D eigenvalue weighted by Crippen LogP contribution is -2.56. The second-order valence-corrected chi connectivity index (χ2v) is 10.7. The molecule has 0 radical (unpaired) electrons. The summed E-state index contributed by atoms with van der Waals surface area (Å²) in [6.45, 7) is 2.02. The van der Waals surface area contributed by atoms with Crippen molar-refractivity contribution in [3.63, 3.8) is 0 Å². The number of nitrogens with zero attached hydrogens (tertiary/aromatic N) is 2. The zero-order chi connectivity index (χ0) is 29.2. The number of thiophene rings is 1. The number of hydrogen-bond acceptors (Lipinski definition) is 7. The van der Waals surface area contributed by atoms with Crippen molar-refractivity contribution >= 4 is 39.1 Å². The number of carbonyl (C=O) groups is 3. The number of likely N-dealkylation sites (N-methyl/N-ethyl adjacent to an activating group) is 3. The van der Waals surface area contributed by atoms with Gasteiger partial charge in [0.2, 0.25) is 17.7 Å². The third-order valence-corrected chi connectivity index (χ3v) is 8.17. The number of methoxy groups -OCH3 is 1. The van der Waals surface area contributed by atoms with Gasteiger partial charge in [0.1, 0.15) is 24.4 Å². The minimum absolute atomic E-state index is 0.162. The molecule has 3 N–H and O–H groups in total. The standard InChI is InChI=1S/C30H40N4O5S/c1-6-22(31)17-39-18-28(35)33(3)26(16-21-19-40-27-10-8-7-9-24(21)27)30(37)34(4)25(29(36)32-2)15-20-11-13-23(38-5)14-12-20/h7-14,19,22,25-26H,6,15-18,31H2,1-5H3,(H,32,36)/t22?,25-,26-/m1/s1. The van der Waals surface area contributed by atoms with Crippen molar-refractivity contribution in [1.29, 1.82) is 0 Å². The molecule has 9 nitrogen and oxygen atoms in total. The Morgan fingerprint density at radius 2 is 1.70 bits per heavy atom. The molecule has 0 saturated heterocycles. The van der Waals surface area contributed by atoms with Crippen molar-refractivity contribution in [3.05, 3.63) is 65.0 Å². The van der Waals surface area contributed by atoms with E-state index in [1.165, 1.54) is 9.80 Å². The Labute approximate surface area is 240 Å². The highest BCUT2D eigenvalue weighted by Crippen LogP contribution is 2.28. The highest BCUT2D eigenvalue weighted by Gasteiger charge is 2.35. The molecule has 0 aliphatic rings. The highest BCUT2D eigenvalue weighted by atomic mass is 32.1. The molecule has 3 amide bonds. The molecule has 1 unspecified atom stereocenters. The van der Waals surface area contributed by atoms with Crippen LogP contribution in [0, 0.1) is 0 Å². The van der Waals surface area contributed by atoms with Crippen LogP contribution in [0.3, 0.4) is 0 Å². The maximum absolute atomic E-state index is 14.1. The van der Waals surface area contributed by atoms with Gasteiger partial charge in [-0.05, 0) is 46.5 Å². The average molecular weight is 569 g/mol. The summed E-state index contributed by atoms with van der Waals surface area (Å²) in [6, 6.07) is 13.6. The van der Waals surface area contributed by atoms with E-state index in [2.05, 4.69) is 5.32 Å². The third kappa shape index (κ3) is 7.80. The van der Waals surface area contributed by atoms with Gasteiger partial charge in [-0.1, -0.05) is 37.3 Å². The second-order valence-electron chi connectivity index (χ2n) is 9.80. The van der Waals surface area contributed by atoms with Gasteiger partial charge in [-0.2, -0.15) is 0 Å². The third-order valence-electron chi connectivity index (χ3n) is 7.15. The van der Waals surface area contributed by atoms with E-state index >= 15 is 0 Å². The molecule has 0 bridgehead atoms. The smallest absolute Gasteiger partial charge is 0.249 e. The van der Waals surface area contributed by atoms with E-state index in [4.69, 9.17) is 15.2 Å². The van der Waals surface area contributed by atoms with Crippen LogP contribution >= 0.6 is 11.3 Å². The summed E-state index contributed by atoms with van der Waals surface area (Å²) in [6.07, 6.45) is 1.33. The lowest BCUT2D eigenvalue weighted by molar-refractivity contribution is -0.149. The number of nitrogens with one attached hydrogen (secondary N) is 1. The fraction of sp³-hybridized carbons (Fsp3) is 0.433. The van der Waals surface area contributed by atoms with Crippen LogP contribution in [-0.4, -0.2) is 87.1 Å². The molecule has 40 heavy (non-hydrogen) atoms. The van der Waals surface area contributed by atoms with Crippen LogP contribution in [-0.2, 0) is 32.0 Å². The van der Waals surface area contributed by atoms with Gasteiger partial charge in [0.15, 0.2) is 0 Å². The Hall–Kier alpha value is -3.47. The van der Waals surface area contributed by atoms with E-state index in [9.17, 15) is 14.4 Å². The van der Waals surface area contributed by atoms with Crippen molar-refractivity contribution in [2.45, 2.75) is 44.3 Å². The van der Waals surface area contributed by atoms with E-state index in [-0.39, 0.29) is 37.0 Å². The fourth-order valence-corrected chi connectivity index (χ4v) is 5.40. The van der Waals surface area contributed by atoms with Gasteiger partial charge in [0.25, 0.3) is 0 Å². The first-order valence-corrected chi connectivity index (χ1v) is 14.2. The fourth-order valence-electron chi connectivity index (χ4n) is 4.43. The number of nitrogens with two attached hydrogens (primary N) is 1. The largest absolute Gasteiger partial charge is 0.497 e. The van der Waals surface area contributed by atoms with Crippen molar-refractivity contribution in [2.24, 2.45) is 5.73 Å². The summed E-state index contributed by atoms with van der Waals surface area (Å²) in [5.74, 6) is -0.257. The molecular formula is C30H40N4O5S. The zero-order valence-electron chi connectivity index (χ0n) is 23.9. The Morgan fingerprint density at radius 3 is 2.35 bits per heavy atom. The van der Waals surface area contributed by atoms with E-state index in [0.29, 0.717) is 18.6 Å². The minimum atomic E-state index is -0.845. The van der Waals surface area contributed by atoms with Gasteiger partial charge in [0, 0.05) is 44.7 Å². The van der Waals surface area contributed by atoms with E-state index < -0.39 is 12.1 Å². The monoisotopic (exact) mass is 568 g/mol. The van der Waals surface area contributed by atoms with Crippen LogP contribution in [0.1, 0.15) is 24.5 Å². The quantitative estimate of drug-likeness (QED) is 0.309. The van der Waals surface area contributed by atoms with E-state index in [1.807, 2.05) is 60.8 Å². The van der Waals surface area contributed by atoms with Gasteiger partial charge in [-0.3, -0.25) is 14.4 Å². The first-order chi connectivity index (χ1) is 19.2. The average Bonchev–Trinajstić information content (AvgIpc) is 3.40. The van der Waals surface area contributed by atoms with Gasteiger partial charge in [-0.25, -0.2) is 0 Å². The SMILES string of the molecule is CCC(N)COCC(=O)N(C)[C@H](Cc1csc2ccccc12)C(=O)N(C)[C@H](Cc1ccc(OC)cc1)C(=O)NC. The van der Waals surface area contributed by atoms with Gasteiger partial charge >= 0.3 is 0 Å². The normalized spacial score (nSPS) is 13.3. The van der Waals surface area contributed by atoms with Crippen molar-refractivity contribution in [3.8, 4) is 5.75 Å². The number of amides is 3. The van der Waals surface area contributed by atoms with Crippen LogP contribution in [0.4, 0.5) is 0 Å². The molecule has 1 aromatic heterocycles. The molecule has 10 heteroatoms. The molecule has 216 valence electrons. The first kappa shape index (κ1) is 31.1. The number of benzene rings is 2.